The maximum atomic E-state index is 13.4. The van der Waals surface area contributed by atoms with Crippen LogP contribution in [-0.4, -0.2) is 39.1 Å². The second-order valence-corrected chi connectivity index (χ2v) is 21.6. The van der Waals surface area contributed by atoms with Crippen molar-refractivity contribution in [1.29, 1.82) is 0 Å². The Balaban J connectivity index is 2.24. The summed E-state index contributed by atoms with van der Waals surface area (Å²) < 4.78 is 0. The minimum atomic E-state index is -0.192. The first-order valence-electron chi connectivity index (χ1n) is 23.8. The van der Waals surface area contributed by atoms with Crippen LogP contribution in [0.2, 0.25) is 0 Å². The van der Waals surface area contributed by atoms with Crippen LogP contribution in [0.15, 0.2) is 37.0 Å². The van der Waals surface area contributed by atoms with E-state index in [1.165, 1.54) is 37.3 Å². The van der Waals surface area contributed by atoms with Gasteiger partial charge in [0.05, 0.1) is 0 Å². The van der Waals surface area contributed by atoms with Gasteiger partial charge in [0.15, 0.2) is 11.6 Å². The van der Waals surface area contributed by atoms with E-state index >= 15 is 0 Å². The number of anilines is 1. The Morgan fingerprint density at radius 3 is 1.90 bits per heavy atom. The lowest BCUT2D eigenvalue weighted by Crippen LogP contribution is -2.42. The van der Waals surface area contributed by atoms with E-state index in [1.54, 1.807) is 6.08 Å². The van der Waals surface area contributed by atoms with Crippen LogP contribution in [0.5, 0.6) is 0 Å². The van der Waals surface area contributed by atoms with Gasteiger partial charge in [0.1, 0.15) is 11.6 Å². The number of carbonyl (C=O) groups excluding carboxylic acids is 2. The van der Waals surface area contributed by atoms with Crippen molar-refractivity contribution >= 4 is 17.5 Å². The predicted octanol–water partition coefficient (Wildman–Crippen LogP) is 14.5. The van der Waals surface area contributed by atoms with E-state index in [0.717, 1.165) is 114 Å². The molecule has 0 amide bonds. The quantitative estimate of drug-likeness (QED) is 0.0448. The van der Waals surface area contributed by atoms with Crippen molar-refractivity contribution in [2.45, 2.75) is 223 Å². The third kappa shape index (κ3) is 14.5. The molecular formula is C52H88N4O2. The van der Waals surface area contributed by atoms with Crippen molar-refractivity contribution in [3.05, 3.63) is 48.6 Å². The van der Waals surface area contributed by atoms with Gasteiger partial charge in [0, 0.05) is 36.8 Å². The van der Waals surface area contributed by atoms with Crippen molar-refractivity contribution in [2.24, 2.45) is 33.5 Å². The van der Waals surface area contributed by atoms with E-state index < -0.39 is 0 Å². The van der Waals surface area contributed by atoms with E-state index in [9.17, 15) is 9.59 Å². The van der Waals surface area contributed by atoms with Gasteiger partial charge < -0.3 is 4.90 Å². The number of hydrogen-bond acceptors (Lipinski definition) is 6. The minimum absolute atomic E-state index is 0.0225. The van der Waals surface area contributed by atoms with Crippen molar-refractivity contribution in [1.82, 2.24) is 15.0 Å². The number of ketones is 2. The number of rotatable bonds is 24. The lowest BCUT2D eigenvalue weighted by molar-refractivity contribution is -0.122. The zero-order valence-electron chi connectivity index (χ0n) is 39.8. The third-order valence-electron chi connectivity index (χ3n) is 13.9. The molecule has 0 spiro atoms. The highest BCUT2D eigenvalue weighted by atomic mass is 16.1. The van der Waals surface area contributed by atoms with Crippen LogP contribution in [-0.2, 0) is 9.59 Å². The van der Waals surface area contributed by atoms with Crippen LogP contribution in [0.25, 0.3) is 0 Å². The molecule has 328 valence electrons. The fourth-order valence-corrected chi connectivity index (χ4v) is 10.7. The van der Waals surface area contributed by atoms with Crippen LogP contribution in [0.4, 0.5) is 5.95 Å². The summed E-state index contributed by atoms with van der Waals surface area (Å²) in [6.07, 6.45) is 25.5. The second-order valence-electron chi connectivity index (χ2n) is 21.6. The molecule has 0 bridgehead atoms. The van der Waals surface area contributed by atoms with Crippen LogP contribution < -0.4 is 4.90 Å². The standard InChI is InChI=1S/C52H88N4O2/c1-15-21-25-28-39(26-22-16-2)46-53-47(40(27-23-17-3)30-38-32-49(7,8)34-41(31-43(57)19-5)51(11,12)33-38)55-48(54-46)56(29-24-18-4)42-35-50(9,10)37-44(45(58)20-6)52(13,14)36-42/h19-20,34,38-40,42,44H,5-6,15-18,21-33,35-37H2,1-4,7-14H3. The summed E-state index contributed by atoms with van der Waals surface area (Å²) in [5, 5.41) is 0. The molecule has 6 heteroatoms. The first-order valence-corrected chi connectivity index (χ1v) is 23.8. The summed E-state index contributed by atoms with van der Waals surface area (Å²) in [7, 11) is 0. The van der Waals surface area contributed by atoms with Gasteiger partial charge in [-0.25, -0.2) is 4.98 Å². The highest BCUT2D eigenvalue weighted by Gasteiger charge is 2.46. The fraction of sp³-hybridized carbons (Fsp3) is 0.788. The fourth-order valence-electron chi connectivity index (χ4n) is 10.7. The summed E-state index contributed by atoms with van der Waals surface area (Å²) >= 11 is 0. The molecule has 1 fully saturated rings. The lowest BCUT2D eigenvalue weighted by Gasteiger charge is -2.38. The third-order valence-corrected chi connectivity index (χ3v) is 13.9. The molecule has 6 nitrogen and oxygen atoms in total. The molecule has 0 radical (unpaired) electrons. The van der Waals surface area contributed by atoms with Gasteiger partial charge in [-0.3, -0.25) is 9.59 Å². The Hall–Kier alpha value is -2.63. The minimum Gasteiger partial charge on any atom is -0.338 e. The zero-order chi connectivity index (χ0) is 43.3. The molecular weight excluding hydrogens is 713 g/mol. The van der Waals surface area contributed by atoms with Gasteiger partial charge in [0.25, 0.3) is 0 Å². The molecule has 3 rings (SSSR count). The van der Waals surface area contributed by atoms with Crippen LogP contribution in [0.3, 0.4) is 0 Å². The average molecular weight is 801 g/mol. The molecule has 1 saturated carbocycles. The number of nitrogens with zero attached hydrogens (tertiary/aromatic N) is 4. The number of unbranched alkanes of at least 4 members (excludes halogenated alkanes) is 5. The van der Waals surface area contributed by atoms with Gasteiger partial charge in [-0.1, -0.05) is 159 Å². The molecule has 1 heterocycles. The Morgan fingerprint density at radius 2 is 1.31 bits per heavy atom. The van der Waals surface area contributed by atoms with Crippen LogP contribution in [0.1, 0.15) is 229 Å². The zero-order valence-corrected chi connectivity index (χ0v) is 39.8. The summed E-state index contributed by atoms with van der Waals surface area (Å²) in [6.45, 7) is 36.5. The molecule has 2 aliphatic rings. The largest absolute Gasteiger partial charge is 0.338 e. The number of allylic oxidation sites excluding steroid dienone is 4. The van der Waals surface area contributed by atoms with Crippen molar-refractivity contribution in [3.63, 3.8) is 0 Å². The summed E-state index contributed by atoms with van der Waals surface area (Å²) in [5.74, 6) is 4.08. The maximum absolute atomic E-state index is 13.4. The SMILES string of the molecule is C=CC(=O)CC1=CC(C)(C)CC(CC(CCCC)c2nc(C(CCCC)CCCCC)nc(N(CCCC)C3CC(C)(C)CC(C(=O)C=C)C(C)(C)C3)n2)CC1(C)C. The van der Waals surface area contributed by atoms with Crippen LogP contribution >= 0.6 is 0 Å². The Kier molecular flexibility index (Phi) is 19.1. The highest BCUT2D eigenvalue weighted by molar-refractivity contribution is 5.92. The Morgan fingerprint density at radius 1 is 0.724 bits per heavy atom. The molecule has 1 aromatic heterocycles. The molecule has 5 atom stereocenters. The number of carbonyl (C=O) groups is 2. The summed E-state index contributed by atoms with van der Waals surface area (Å²) in [6, 6.07) is 0.205. The topological polar surface area (TPSA) is 76.1 Å². The average Bonchev–Trinajstić information content (AvgIpc) is 3.30. The van der Waals surface area contributed by atoms with Gasteiger partial charge in [-0.15, -0.1) is 0 Å². The van der Waals surface area contributed by atoms with Crippen molar-refractivity contribution < 1.29 is 9.59 Å². The smallest absolute Gasteiger partial charge is 0.229 e. The van der Waals surface area contributed by atoms with E-state index in [-0.39, 0.29) is 51.1 Å². The first kappa shape index (κ1) is 49.7. The predicted molar refractivity (Wildman–Crippen MR) is 247 cm³/mol. The van der Waals surface area contributed by atoms with Crippen molar-refractivity contribution in [3.8, 4) is 0 Å². The number of hydrogen-bond donors (Lipinski definition) is 0. The van der Waals surface area contributed by atoms with Gasteiger partial charge in [0.2, 0.25) is 5.95 Å². The molecule has 5 unspecified atom stereocenters. The molecule has 2 aliphatic carbocycles. The summed E-state index contributed by atoms with van der Waals surface area (Å²) in [5.41, 5.74) is 0.922. The second kappa shape index (κ2) is 22.3. The van der Waals surface area contributed by atoms with Gasteiger partial charge in [-0.2, -0.15) is 9.97 Å². The first-order chi connectivity index (χ1) is 27.2. The molecule has 0 saturated heterocycles. The van der Waals surface area contributed by atoms with E-state index in [2.05, 4.69) is 107 Å². The molecule has 58 heavy (non-hydrogen) atoms. The molecule has 0 aliphatic heterocycles. The Labute approximate surface area is 357 Å². The Bertz CT molecular complexity index is 1520. The van der Waals surface area contributed by atoms with E-state index in [0.29, 0.717) is 18.3 Å². The highest BCUT2D eigenvalue weighted by Crippen LogP contribution is 2.50. The van der Waals surface area contributed by atoms with E-state index in [4.69, 9.17) is 15.0 Å². The summed E-state index contributed by atoms with van der Waals surface area (Å²) in [4.78, 5) is 45.5. The molecule has 0 aromatic carbocycles. The van der Waals surface area contributed by atoms with E-state index in [1.807, 2.05) is 0 Å². The molecule has 0 N–H and O–H groups in total. The normalized spacial score (nSPS) is 23.4. The maximum Gasteiger partial charge on any atom is 0.229 e. The molecule has 1 aromatic rings. The van der Waals surface area contributed by atoms with Crippen LogP contribution in [0, 0.1) is 33.5 Å². The lowest BCUT2D eigenvalue weighted by atomic mass is 9.70. The van der Waals surface area contributed by atoms with Crippen molar-refractivity contribution in [2.75, 3.05) is 11.4 Å². The van der Waals surface area contributed by atoms with Gasteiger partial charge >= 0.3 is 0 Å². The van der Waals surface area contributed by atoms with Gasteiger partial charge in [-0.05, 0) is 104 Å². The number of aromatic nitrogens is 3. The monoisotopic (exact) mass is 801 g/mol.